The van der Waals surface area contributed by atoms with Crippen LogP contribution in [0.25, 0.3) is 5.65 Å². The Kier molecular flexibility index (Phi) is 3.85. The molecule has 1 aliphatic rings. The molecule has 1 fully saturated rings. The summed E-state index contributed by atoms with van der Waals surface area (Å²) >= 11 is 0. The smallest absolute Gasteiger partial charge is 0.275 e. The molecule has 0 aliphatic carbocycles. The highest BCUT2D eigenvalue weighted by atomic mass is 16.1. The largest absolute Gasteiger partial charge is 0.309 e. The lowest BCUT2D eigenvalue weighted by Gasteiger charge is -2.21. The van der Waals surface area contributed by atoms with Crippen molar-refractivity contribution in [1.82, 2.24) is 19.9 Å². The van der Waals surface area contributed by atoms with Crippen molar-refractivity contribution in [3.63, 3.8) is 0 Å². The Bertz CT molecular complexity index is 694. The van der Waals surface area contributed by atoms with E-state index in [0.29, 0.717) is 12.0 Å². The number of piperidine rings is 1. The van der Waals surface area contributed by atoms with Crippen molar-refractivity contribution in [1.29, 1.82) is 0 Å². The van der Waals surface area contributed by atoms with Crippen LogP contribution in [0.2, 0.25) is 0 Å². The molecule has 0 bridgehead atoms. The molecule has 3 rings (SSSR count). The molecule has 5 nitrogen and oxygen atoms in total. The number of H-pyrrole nitrogens is 1. The Morgan fingerprint density at radius 3 is 2.95 bits per heavy atom. The number of hydrogen-bond donors (Lipinski definition) is 2. The Balaban J connectivity index is 2.08. The van der Waals surface area contributed by atoms with Crippen LogP contribution < -0.4 is 10.9 Å². The van der Waals surface area contributed by atoms with Gasteiger partial charge in [0.2, 0.25) is 0 Å². The van der Waals surface area contributed by atoms with Crippen molar-refractivity contribution in [2.45, 2.75) is 58.4 Å². The number of aromatic amines is 1. The Morgan fingerprint density at radius 2 is 2.29 bits per heavy atom. The van der Waals surface area contributed by atoms with E-state index in [4.69, 9.17) is 4.98 Å². The third-order valence-corrected chi connectivity index (χ3v) is 4.66. The molecular formula is C16H24N4O. The minimum absolute atomic E-state index is 0.0253. The SMILES string of the molecule is CCC(C)c1nc2cc(C3CCCCN3)[nH]n2c(=O)c1C. The fraction of sp³-hybridized carbons (Fsp3) is 0.625. The van der Waals surface area contributed by atoms with Crippen LogP contribution in [0.5, 0.6) is 0 Å². The number of hydrogen-bond acceptors (Lipinski definition) is 3. The fourth-order valence-electron chi connectivity index (χ4n) is 3.11. The Labute approximate surface area is 124 Å². The third kappa shape index (κ3) is 2.50. The van der Waals surface area contributed by atoms with E-state index in [-0.39, 0.29) is 5.56 Å². The van der Waals surface area contributed by atoms with Crippen LogP contribution in [-0.4, -0.2) is 21.1 Å². The highest BCUT2D eigenvalue weighted by Crippen LogP contribution is 2.23. The first kappa shape index (κ1) is 14.3. The highest BCUT2D eigenvalue weighted by Gasteiger charge is 2.20. The lowest BCUT2D eigenvalue weighted by atomic mass is 10.0. The fourth-order valence-corrected chi connectivity index (χ4v) is 3.11. The van der Waals surface area contributed by atoms with E-state index in [1.54, 1.807) is 4.52 Å². The predicted molar refractivity (Wildman–Crippen MR) is 83.9 cm³/mol. The first-order valence-electron chi connectivity index (χ1n) is 7.97. The molecule has 2 aromatic heterocycles. The topological polar surface area (TPSA) is 62.2 Å². The maximum Gasteiger partial charge on any atom is 0.275 e. The van der Waals surface area contributed by atoms with Gasteiger partial charge in [0.1, 0.15) is 0 Å². The molecule has 2 unspecified atom stereocenters. The standard InChI is InChI=1S/C16H24N4O/c1-4-10(2)15-11(3)16(21)20-14(18-15)9-13(19-20)12-7-5-6-8-17-12/h9-10,12,17,19H,4-8H2,1-3H3. The number of nitrogens with zero attached hydrogens (tertiary/aromatic N) is 2. The molecule has 1 aliphatic heterocycles. The van der Waals surface area contributed by atoms with Gasteiger partial charge in [0.15, 0.2) is 5.65 Å². The van der Waals surface area contributed by atoms with Crippen molar-refractivity contribution in [3.8, 4) is 0 Å². The van der Waals surface area contributed by atoms with Gasteiger partial charge in [-0.15, -0.1) is 0 Å². The average molecular weight is 288 g/mol. The van der Waals surface area contributed by atoms with E-state index in [2.05, 4.69) is 24.3 Å². The molecule has 0 amide bonds. The Morgan fingerprint density at radius 1 is 1.48 bits per heavy atom. The van der Waals surface area contributed by atoms with Crippen LogP contribution >= 0.6 is 0 Å². The van der Waals surface area contributed by atoms with E-state index in [1.165, 1.54) is 12.8 Å². The average Bonchev–Trinajstić information content (AvgIpc) is 2.95. The molecule has 0 saturated carbocycles. The van der Waals surface area contributed by atoms with E-state index in [0.717, 1.165) is 42.0 Å². The van der Waals surface area contributed by atoms with Crippen molar-refractivity contribution >= 4 is 5.65 Å². The van der Waals surface area contributed by atoms with Crippen LogP contribution in [-0.2, 0) is 0 Å². The van der Waals surface area contributed by atoms with Gasteiger partial charge in [-0.25, -0.2) is 9.50 Å². The zero-order chi connectivity index (χ0) is 15.0. The van der Waals surface area contributed by atoms with E-state index in [1.807, 2.05) is 13.0 Å². The zero-order valence-corrected chi connectivity index (χ0v) is 13.1. The lowest BCUT2D eigenvalue weighted by Crippen LogP contribution is -2.27. The number of aromatic nitrogens is 3. The molecule has 0 spiro atoms. The molecule has 1 saturated heterocycles. The Hall–Kier alpha value is -1.62. The number of fused-ring (bicyclic) bond motifs is 1. The summed E-state index contributed by atoms with van der Waals surface area (Å²) in [4.78, 5) is 17.3. The van der Waals surface area contributed by atoms with Crippen molar-refractivity contribution < 1.29 is 0 Å². The van der Waals surface area contributed by atoms with Gasteiger partial charge in [0.25, 0.3) is 5.56 Å². The normalized spacial score (nSPS) is 20.8. The minimum Gasteiger partial charge on any atom is -0.309 e. The predicted octanol–water partition coefficient (Wildman–Crippen LogP) is 2.66. The van der Waals surface area contributed by atoms with Gasteiger partial charge in [0.05, 0.1) is 11.4 Å². The summed E-state index contributed by atoms with van der Waals surface area (Å²) in [6, 6.07) is 2.34. The number of nitrogens with one attached hydrogen (secondary N) is 2. The van der Waals surface area contributed by atoms with Crippen LogP contribution in [0.1, 0.15) is 68.4 Å². The minimum atomic E-state index is 0.0253. The second kappa shape index (κ2) is 5.64. The molecule has 3 heterocycles. The van der Waals surface area contributed by atoms with E-state index >= 15 is 0 Å². The second-order valence-corrected chi connectivity index (χ2v) is 6.14. The summed E-state index contributed by atoms with van der Waals surface area (Å²) in [5, 5.41) is 6.74. The van der Waals surface area contributed by atoms with E-state index < -0.39 is 0 Å². The molecule has 2 aromatic rings. The van der Waals surface area contributed by atoms with Gasteiger partial charge in [-0.1, -0.05) is 20.3 Å². The molecule has 5 heteroatoms. The van der Waals surface area contributed by atoms with Crippen molar-refractivity contribution in [2.75, 3.05) is 6.54 Å². The van der Waals surface area contributed by atoms with Crippen molar-refractivity contribution in [2.24, 2.45) is 0 Å². The molecule has 21 heavy (non-hydrogen) atoms. The molecule has 2 N–H and O–H groups in total. The number of rotatable bonds is 3. The first-order valence-corrected chi connectivity index (χ1v) is 7.97. The summed E-state index contributed by atoms with van der Waals surface area (Å²) in [7, 11) is 0. The van der Waals surface area contributed by atoms with Crippen LogP contribution in [0.3, 0.4) is 0 Å². The highest BCUT2D eigenvalue weighted by molar-refractivity contribution is 5.43. The van der Waals surface area contributed by atoms with Gasteiger partial charge < -0.3 is 5.32 Å². The third-order valence-electron chi connectivity index (χ3n) is 4.66. The summed E-state index contributed by atoms with van der Waals surface area (Å²) < 4.78 is 1.59. The van der Waals surface area contributed by atoms with Crippen LogP contribution in [0, 0.1) is 6.92 Å². The molecule has 2 atom stereocenters. The monoisotopic (exact) mass is 288 g/mol. The molecule has 0 aromatic carbocycles. The van der Waals surface area contributed by atoms with Crippen molar-refractivity contribution in [3.05, 3.63) is 33.4 Å². The van der Waals surface area contributed by atoms with Gasteiger partial charge >= 0.3 is 0 Å². The second-order valence-electron chi connectivity index (χ2n) is 6.14. The summed E-state index contributed by atoms with van der Waals surface area (Å²) in [5.41, 5.74) is 3.53. The van der Waals surface area contributed by atoms with Gasteiger partial charge in [0, 0.05) is 17.7 Å². The quantitative estimate of drug-likeness (QED) is 0.912. The van der Waals surface area contributed by atoms with E-state index in [9.17, 15) is 4.79 Å². The molecular weight excluding hydrogens is 264 g/mol. The van der Waals surface area contributed by atoms with Gasteiger partial charge in [-0.3, -0.25) is 9.89 Å². The first-order chi connectivity index (χ1) is 10.1. The van der Waals surface area contributed by atoms with Gasteiger partial charge in [-0.05, 0) is 38.6 Å². The summed E-state index contributed by atoms with van der Waals surface area (Å²) in [5.74, 6) is 0.314. The maximum absolute atomic E-state index is 12.5. The van der Waals surface area contributed by atoms with Gasteiger partial charge in [-0.2, -0.15) is 0 Å². The zero-order valence-electron chi connectivity index (χ0n) is 13.1. The summed E-state index contributed by atoms with van der Waals surface area (Å²) in [6.07, 6.45) is 4.56. The maximum atomic E-state index is 12.5. The lowest BCUT2D eigenvalue weighted by molar-refractivity contribution is 0.404. The van der Waals surface area contributed by atoms with Crippen LogP contribution in [0.15, 0.2) is 10.9 Å². The van der Waals surface area contributed by atoms with Crippen LogP contribution in [0.4, 0.5) is 0 Å². The summed E-state index contributed by atoms with van der Waals surface area (Å²) in [6.45, 7) is 7.17. The molecule has 114 valence electrons. The molecule has 0 radical (unpaired) electrons.